The molecule has 8 heteroatoms. The fourth-order valence-electron chi connectivity index (χ4n) is 4.24. The first-order valence-corrected chi connectivity index (χ1v) is 9.73. The lowest BCUT2D eigenvalue weighted by Gasteiger charge is -2.29. The van der Waals surface area contributed by atoms with Gasteiger partial charge in [-0.1, -0.05) is 6.07 Å². The van der Waals surface area contributed by atoms with Crippen molar-refractivity contribution in [2.45, 2.75) is 25.4 Å². The molecule has 0 saturated carbocycles. The summed E-state index contributed by atoms with van der Waals surface area (Å²) >= 11 is 0. The van der Waals surface area contributed by atoms with Crippen LogP contribution in [-0.4, -0.2) is 43.4 Å². The third-order valence-corrected chi connectivity index (χ3v) is 5.71. The summed E-state index contributed by atoms with van der Waals surface area (Å²) in [7, 11) is 1.88. The van der Waals surface area contributed by atoms with Crippen molar-refractivity contribution >= 4 is 17.7 Å². The highest BCUT2D eigenvalue weighted by Crippen LogP contribution is 2.35. The second kappa shape index (κ2) is 6.91. The van der Waals surface area contributed by atoms with Gasteiger partial charge < -0.3 is 4.90 Å². The van der Waals surface area contributed by atoms with Crippen LogP contribution in [0.2, 0.25) is 0 Å². The van der Waals surface area contributed by atoms with Crippen LogP contribution in [0.15, 0.2) is 48.9 Å². The van der Waals surface area contributed by atoms with Crippen LogP contribution in [-0.2, 0) is 23.2 Å². The highest BCUT2D eigenvalue weighted by atomic mass is 16.2. The normalized spacial score (nSPS) is 18.5. The molecule has 1 saturated heterocycles. The van der Waals surface area contributed by atoms with Crippen LogP contribution >= 0.6 is 0 Å². The van der Waals surface area contributed by atoms with E-state index in [-0.39, 0.29) is 18.2 Å². The van der Waals surface area contributed by atoms with E-state index < -0.39 is 11.9 Å². The van der Waals surface area contributed by atoms with Crippen LogP contribution in [0.4, 0.5) is 0 Å². The van der Waals surface area contributed by atoms with Gasteiger partial charge in [0.2, 0.25) is 11.8 Å². The quantitative estimate of drug-likeness (QED) is 0.676. The lowest BCUT2D eigenvalue weighted by atomic mass is 9.99. The monoisotopic (exact) mass is 401 g/mol. The Bertz CT molecular complexity index is 1180. The third kappa shape index (κ3) is 2.88. The van der Waals surface area contributed by atoms with E-state index in [0.717, 1.165) is 27.9 Å². The molecule has 1 aromatic carbocycles. The number of carbonyl (C=O) groups is 3. The Labute approximate surface area is 172 Å². The molecule has 2 aliphatic heterocycles. The number of carbonyl (C=O) groups excluding carboxylic acids is 3. The van der Waals surface area contributed by atoms with Gasteiger partial charge in [0.15, 0.2) is 0 Å². The second-order valence-corrected chi connectivity index (χ2v) is 7.54. The Morgan fingerprint density at radius 1 is 1.07 bits per heavy atom. The zero-order chi connectivity index (χ0) is 20.8. The molecule has 2 aliphatic rings. The molecule has 150 valence electrons. The van der Waals surface area contributed by atoms with Gasteiger partial charge in [0, 0.05) is 49.1 Å². The SMILES string of the molecule is Cn1ncc(-c2ccc3c(c2)CN([C@H]2CCC(=O)NC2=O)C3=O)c1-c1cccnc1. The van der Waals surface area contributed by atoms with Crippen molar-refractivity contribution in [2.75, 3.05) is 0 Å². The number of amides is 3. The molecule has 3 amide bonds. The molecule has 8 nitrogen and oxygen atoms in total. The third-order valence-electron chi connectivity index (χ3n) is 5.71. The summed E-state index contributed by atoms with van der Waals surface area (Å²) in [5.41, 5.74) is 5.24. The number of aryl methyl sites for hydroxylation is 1. The average Bonchev–Trinajstić information content (AvgIpc) is 3.28. The molecule has 0 aliphatic carbocycles. The number of imide groups is 1. The number of piperidine rings is 1. The van der Waals surface area contributed by atoms with Crippen LogP contribution in [0.5, 0.6) is 0 Å². The van der Waals surface area contributed by atoms with E-state index in [2.05, 4.69) is 15.4 Å². The Balaban J connectivity index is 1.49. The number of aromatic nitrogens is 3. The van der Waals surface area contributed by atoms with Gasteiger partial charge in [-0.2, -0.15) is 5.10 Å². The molecule has 0 bridgehead atoms. The molecule has 1 N–H and O–H groups in total. The van der Waals surface area contributed by atoms with Gasteiger partial charge in [0.25, 0.3) is 5.91 Å². The zero-order valence-corrected chi connectivity index (χ0v) is 16.3. The minimum absolute atomic E-state index is 0.176. The van der Waals surface area contributed by atoms with Gasteiger partial charge >= 0.3 is 0 Å². The van der Waals surface area contributed by atoms with E-state index in [1.807, 2.05) is 31.3 Å². The van der Waals surface area contributed by atoms with E-state index in [4.69, 9.17) is 0 Å². The molecule has 0 unspecified atom stereocenters. The minimum atomic E-state index is -0.615. The molecule has 5 rings (SSSR count). The highest BCUT2D eigenvalue weighted by molar-refractivity contribution is 6.05. The number of hydrogen-bond donors (Lipinski definition) is 1. The maximum Gasteiger partial charge on any atom is 0.255 e. The largest absolute Gasteiger partial charge is 0.322 e. The second-order valence-electron chi connectivity index (χ2n) is 7.54. The van der Waals surface area contributed by atoms with Crippen LogP contribution in [0.3, 0.4) is 0 Å². The van der Waals surface area contributed by atoms with Gasteiger partial charge in [-0.05, 0) is 41.8 Å². The van der Waals surface area contributed by atoms with Crippen molar-refractivity contribution in [3.63, 3.8) is 0 Å². The van der Waals surface area contributed by atoms with Crippen molar-refractivity contribution in [2.24, 2.45) is 7.05 Å². The summed E-state index contributed by atoms with van der Waals surface area (Å²) in [5, 5.41) is 6.74. The minimum Gasteiger partial charge on any atom is -0.322 e. The summed E-state index contributed by atoms with van der Waals surface area (Å²) in [5.74, 6) is -0.870. The Morgan fingerprint density at radius 2 is 1.93 bits per heavy atom. The molecule has 1 fully saturated rings. The maximum atomic E-state index is 12.9. The zero-order valence-electron chi connectivity index (χ0n) is 16.3. The van der Waals surface area contributed by atoms with Crippen LogP contribution in [0.25, 0.3) is 22.4 Å². The van der Waals surface area contributed by atoms with Crippen LogP contribution in [0.1, 0.15) is 28.8 Å². The number of nitrogens with zero attached hydrogens (tertiary/aromatic N) is 4. The smallest absolute Gasteiger partial charge is 0.255 e. The standard InChI is InChI=1S/C22H19N5O3/c1-26-20(14-3-2-8-23-10-14)17(11-24-26)13-4-5-16-15(9-13)12-27(22(16)30)18-6-7-19(28)25-21(18)29/h2-5,8-11,18H,6-7,12H2,1H3,(H,25,28,29)/t18-/m0/s1. The fourth-order valence-corrected chi connectivity index (χ4v) is 4.24. The molecule has 0 radical (unpaired) electrons. The van der Waals surface area contributed by atoms with Gasteiger partial charge in [-0.15, -0.1) is 0 Å². The molecule has 30 heavy (non-hydrogen) atoms. The fraction of sp³-hybridized carbons (Fsp3) is 0.227. The molecular formula is C22H19N5O3. The summed E-state index contributed by atoms with van der Waals surface area (Å²) in [6.07, 6.45) is 5.92. The number of fused-ring (bicyclic) bond motifs is 1. The predicted molar refractivity (Wildman–Crippen MR) is 108 cm³/mol. The van der Waals surface area contributed by atoms with Crippen molar-refractivity contribution in [1.82, 2.24) is 25.0 Å². The van der Waals surface area contributed by atoms with Crippen molar-refractivity contribution < 1.29 is 14.4 Å². The Morgan fingerprint density at radius 3 is 2.70 bits per heavy atom. The molecule has 0 spiro atoms. The van der Waals surface area contributed by atoms with Crippen LogP contribution < -0.4 is 5.32 Å². The van der Waals surface area contributed by atoms with Gasteiger partial charge in [-0.3, -0.25) is 29.4 Å². The van der Waals surface area contributed by atoms with Gasteiger partial charge in [0.05, 0.1) is 11.9 Å². The van der Waals surface area contributed by atoms with E-state index in [1.165, 1.54) is 0 Å². The van der Waals surface area contributed by atoms with Crippen molar-refractivity contribution in [1.29, 1.82) is 0 Å². The molecule has 1 atom stereocenters. The van der Waals surface area contributed by atoms with E-state index >= 15 is 0 Å². The van der Waals surface area contributed by atoms with Crippen LogP contribution in [0, 0.1) is 0 Å². The first kappa shape index (κ1) is 18.2. The van der Waals surface area contributed by atoms with Gasteiger partial charge in [-0.25, -0.2) is 0 Å². The molecule has 3 aromatic rings. The Hall–Kier alpha value is -3.81. The number of benzene rings is 1. The summed E-state index contributed by atoms with van der Waals surface area (Å²) in [6, 6.07) is 8.94. The lowest BCUT2D eigenvalue weighted by Crippen LogP contribution is -2.52. The predicted octanol–water partition coefficient (Wildman–Crippen LogP) is 1.91. The average molecular weight is 401 g/mol. The first-order valence-electron chi connectivity index (χ1n) is 9.73. The van der Waals surface area contributed by atoms with E-state index in [9.17, 15) is 14.4 Å². The topological polar surface area (TPSA) is 97.2 Å². The van der Waals surface area contributed by atoms with E-state index in [1.54, 1.807) is 34.2 Å². The molecule has 4 heterocycles. The number of rotatable bonds is 3. The summed E-state index contributed by atoms with van der Waals surface area (Å²) in [6.45, 7) is 0.344. The van der Waals surface area contributed by atoms with E-state index in [0.29, 0.717) is 18.5 Å². The lowest BCUT2D eigenvalue weighted by molar-refractivity contribution is -0.136. The Kier molecular flexibility index (Phi) is 4.20. The molecule has 2 aromatic heterocycles. The molecular weight excluding hydrogens is 382 g/mol. The summed E-state index contributed by atoms with van der Waals surface area (Å²) in [4.78, 5) is 42.3. The number of pyridine rings is 1. The highest BCUT2D eigenvalue weighted by Gasteiger charge is 2.39. The van der Waals surface area contributed by atoms with Crippen molar-refractivity contribution in [3.05, 3.63) is 60.0 Å². The number of hydrogen-bond acceptors (Lipinski definition) is 5. The van der Waals surface area contributed by atoms with Crippen molar-refractivity contribution in [3.8, 4) is 22.4 Å². The number of nitrogens with one attached hydrogen (secondary N) is 1. The van der Waals surface area contributed by atoms with Gasteiger partial charge in [0.1, 0.15) is 6.04 Å². The summed E-state index contributed by atoms with van der Waals surface area (Å²) < 4.78 is 1.81. The first-order chi connectivity index (χ1) is 14.5. The maximum absolute atomic E-state index is 12.9.